The Labute approximate surface area is 223 Å². The number of carbonyl (C=O) groups is 2. The lowest BCUT2D eigenvalue weighted by molar-refractivity contribution is -0.137. The lowest BCUT2D eigenvalue weighted by atomic mass is 10.0. The number of halogens is 1. The SMILES string of the molecule is CCn1c(NCc2ccc(F)cc2)c(/C=C2/SC(=S)N(CCCCCC(=O)O)C2=O)c(C)c(C#N)c1=O. The molecule has 0 radical (unpaired) electrons. The minimum atomic E-state index is -0.849. The van der Waals surface area contributed by atoms with Crippen molar-refractivity contribution in [2.45, 2.75) is 52.6 Å². The van der Waals surface area contributed by atoms with E-state index in [9.17, 15) is 24.0 Å². The van der Waals surface area contributed by atoms with Crippen molar-refractivity contribution in [2.75, 3.05) is 11.9 Å². The van der Waals surface area contributed by atoms with Gasteiger partial charge < -0.3 is 10.4 Å². The number of unbranched alkanes of at least 4 members (excludes halogenated alkanes) is 2. The van der Waals surface area contributed by atoms with E-state index in [4.69, 9.17) is 17.3 Å². The third-order valence-corrected chi connectivity index (χ3v) is 7.36. The van der Waals surface area contributed by atoms with Crippen LogP contribution in [0.25, 0.3) is 6.08 Å². The molecule has 3 rings (SSSR count). The zero-order valence-corrected chi connectivity index (χ0v) is 22.2. The molecular weight excluding hydrogens is 515 g/mol. The number of nitrogens with one attached hydrogen (secondary N) is 1. The number of thiocarbonyl (C=S) groups is 1. The first-order chi connectivity index (χ1) is 17.7. The number of carbonyl (C=O) groups excluding carboxylic acids is 1. The van der Waals surface area contributed by atoms with E-state index in [2.05, 4.69) is 5.32 Å². The number of amides is 1. The number of carboxylic acid groups (broad SMARTS) is 1. The van der Waals surface area contributed by atoms with E-state index in [-0.39, 0.29) is 30.3 Å². The Bertz CT molecular complexity index is 1350. The fourth-order valence-electron chi connectivity index (χ4n) is 3.99. The van der Waals surface area contributed by atoms with Crippen molar-refractivity contribution < 1.29 is 19.1 Å². The number of rotatable bonds is 11. The molecule has 0 spiro atoms. The Morgan fingerprint density at radius 1 is 1.24 bits per heavy atom. The Morgan fingerprint density at radius 2 is 1.95 bits per heavy atom. The highest BCUT2D eigenvalue weighted by Crippen LogP contribution is 2.35. The van der Waals surface area contributed by atoms with Crippen LogP contribution in [0.1, 0.15) is 54.9 Å². The molecule has 0 bridgehead atoms. The van der Waals surface area contributed by atoms with Gasteiger partial charge in [0.2, 0.25) is 0 Å². The molecule has 1 fully saturated rings. The molecule has 2 N–H and O–H groups in total. The van der Waals surface area contributed by atoms with Crippen LogP contribution in [0, 0.1) is 24.1 Å². The van der Waals surface area contributed by atoms with Crippen LogP contribution in [0.2, 0.25) is 0 Å². The molecule has 1 aliphatic rings. The van der Waals surface area contributed by atoms with E-state index in [1.54, 1.807) is 32.1 Å². The molecule has 1 saturated heterocycles. The second-order valence-corrected chi connectivity index (χ2v) is 10.1. The predicted octanol–water partition coefficient (Wildman–Crippen LogP) is 4.65. The highest BCUT2D eigenvalue weighted by Gasteiger charge is 2.32. The molecule has 0 saturated carbocycles. The topological polar surface area (TPSA) is 115 Å². The van der Waals surface area contributed by atoms with Crippen LogP contribution in [-0.4, -0.2) is 37.3 Å². The van der Waals surface area contributed by atoms with E-state index in [0.717, 1.165) is 17.3 Å². The molecule has 11 heteroatoms. The number of hydrogen-bond donors (Lipinski definition) is 2. The van der Waals surface area contributed by atoms with Gasteiger partial charge in [0.25, 0.3) is 11.5 Å². The quantitative estimate of drug-likeness (QED) is 0.240. The van der Waals surface area contributed by atoms with E-state index in [1.165, 1.54) is 21.6 Å². The molecule has 1 amide bonds. The number of thioether (sulfide) groups is 1. The van der Waals surface area contributed by atoms with E-state index >= 15 is 0 Å². The summed E-state index contributed by atoms with van der Waals surface area (Å²) in [5.74, 6) is -1.02. The van der Waals surface area contributed by atoms with Gasteiger partial charge in [-0.1, -0.05) is 42.5 Å². The Hall–Kier alpha value is -3.49. The standard InChI is InChI=1S/C26H27FN4O4S2/c1-3-30-23(29-15-17-8-10-18(27)11-9-17)19(16(2)20(14-28)24(30)34)13-21-25(35)31(26(36)37-21)12-6-4-5-7-22(32)33/h8-11,13,29H,3-7,12,15H2,1-2H3,(H,32,33)/b21-13+. The van der Waals surface area contributed by atoms with E-state index in [1.807, 2.05) is 6.07 Å². The van der Waals surface area contributed by atoms with Gasteiger partial charge in [-0.15, -0.1) is 0 Å². The fraction of sp³-hybridized carbons (Fsp3) is 0.346. The number of anilines is 1. The monoisotopic (exact) mass is 542 g/mol. The van der Waals surface area contributed by atoms with Crippen LogP contribution >= 0.6 is 24.0 Å². The van der Waals surface area contributed by atoms with Crippen LogP contribution in [0.5, 0.6) is 0 Å². The normalized spacial score (nSPS) is 14.3. The molecule has 2 aromatic rings. The van der Waals surface area contributed by atoms with Crippen molar-refractivity contribution in [3.63, 3.8) is 0 Å². The molecule has 1 aromatic heterocycles. The molecule has 1 aromatic carbocycles. The predicted molar refractivity (Wildman–Crippen MR) is 146 cm³/mol. The van der Waals surface area contributed by atoms with Gasteiger partial charge in [-0.05, 0) is 56.0 Å². The minimum Gasteiger partial charge on any atom is -0.481 e. The molecule has 0 atom stereocenters. The molecule has 194 valence electrons. The number of benzene rings is 1. The molecule has 0 unspecified atom stereocenters. The zero-order chi connectivity index (χ0) is 27.1. The van der Waals surface area contributed by atoms with E-state index < -0.39 is 11.5 Å². The summed E-state index contributed by atoms with van der Waals surface area (Å²) in [7, 11) is 0. The second kappa shape index (κ2) is 12.7. The maximum absolute atomic E-state index is 13.3. The van der Waals surface area contributed by atoms with Gasteiger partial charge in [-0.3, -0.25) is 23.9 Å². The van der Waals surface area contributed by atoms with Gasteiger partial charge in [-0.2, -0.15) is 5.26 Å². The van der Waals surface area contributed by atoms with Crippen LogP contribution in [0.3, 0.4) is 0 Å². The summed E-state index contributed by atoms with van der Waals surface area (Å²) in [5.41, 5.74) is 1.32. The first-order valence-corrected chi connectivity index (χ1v) is 13.0. The van der Waals surface area contributed by atoms with Crippen molar-refractivity contribution in [1.29, 1.82) is 5.26 Å². The van der Waals surface area contributed by atoms with Crippen molar-refractivity contribution in [1.82, 2.24) is 9.47 Å². The minimum absolute atomic E-state index is 0.00524. The zero-order valence-electron chi connectivity index (χ0n) is 20.5. The summed E-state index contributed by atoms with van der Waals surface area (Å²) in [6.45, 7) is 4.42. The lowest BCUT2D eigenvalue weighted by Crippen LogP contribution is -2.29. The van der Waals surface area contributed by atoms with E-state index in [0.29, 0.717) is 58.5 Å². The molecule has 1 aliphatic heterocycles. The summed E-state index contributed by atoms with van der Waals surface area (Å²) in [5, 5.41) is 21.7. The maximum Gasteiger partial charge on any atom is 0.303 e. The highest BCUT2D eigenvalue weighted by molar-refractivity contribution is 8.26. The molecule has 8 nitrogen and oxygen atoms in total. The first kappa shape index (κ1) is 28.1. The number of aliphatic carboxylic acids is 1. The average molecular weight is 543 g/mol. The van der Waals surface area contributed by atoms with Crippen molar-refractivity contribution in [3.8, 4) is 6.07 Å². The van der Waals surface area contributed by atoms with Gasteiger partial charge in [0.05, 0.1) is 4.91 Å². The van der Waals surface area contributed by atoms with Crippen LogP contribution < -0.4 is 10.9 Å². The summed E-state index contributed by atoms with van der Waals surface area (Å²) in [4.78, 5) is 38.7. The molecule has 0 aliphatic carbocycles. The number of carboxylic acids is 1. The number of nitrogens with zero attached hydrogens (tertiary/aromatic N) is 3. The Balaban J connectivity index is 1.93. The number of aromatic nitrogens is 1. The first-order valence-electron chi connectivity index (χ1n) is 11.8. The molecular formula is C26H27FN4O4S2. The summed E-state index contributed by atoms with van der Waals surface area (Å²) < 4.78 is 15.2. The third kappa shape index (κ3) is 6.64. The largest absolute Gasteiger partial charge is 0.481 e. The Kier molecular flexibility index (Phi) is 9.60. The summed E-state index contributed by atoms with van der Waals surface area (Å²) in [6.07, 6.45) is 3.54. The summed E-state index contributed by atoms with van der Waals surface area (Å²) >= 11 is 6.56. The number of pyridine rings is 1. The van der Waals surface area contributed by atoms with Crippen LogP contribution in [0.15, 0.2) is 34.0 Å². The van der Waals surface area contributed by atoms with Gasteiger partial charge in [0, 0.05) is 31.6 Å². The van der Waals surface area contributed by atoms with Crippen LogP contribution in [0.4, 0.5) is 10.2 Å². The molecule has 2 heterocycles. The van der Waals surface area contributed by atoms with Gasteiger partial charge in [-0.25, -0.2) is 4.39 Å². The summed E-state index contributed by atoms with van der Waals surface area (Å²) in [6, 6.07) is 7.95. The third-order valence-electron chi connectivity index (χ3n) is 5.99. The Morgan fingerprint density at radius 3 is 2.57 bits per heavy atom. The van der Waals surface area contributed by atoms with Gasteiger partial charge >= 0.3 is 5.97 Å². The van der Waals surface area contributed by atoms with Crippen molar-refractivity contribution >= 4 is 52.1 Å². The smallest absolute Gasteiger partial charge is 0.303 e. The van der Waals surface area contributed by atoms with Gasteiger partial charge in [0.15, 0.2) is 0 Å². The molecule has 37 heavy (non-hydrogen) atoms. The van der Waals surface area contributed by atoms with Gasteiger partial charge in [0.1, 0.15) is 27.6 Å². The number of hydrogen-bond acceptors (Lipinski definition) is 7. The van der Waals surface area contributed by atoms with Crippen molar-refractivity contribution in [2.24, 2.45) is 0 Å². The maximum atomic E-state index is 13.3. The van der Waals surface area contributed by atoms with Crippen molar-refractivity contribution in [3.05, 3.63) is 67.6 Å². The van der Waals surface area contributed by atoms with Crippen LogP contribution in [-0.2, 0) is 22.7 Å². The lowest BCUT2D eigenvalue weighted by Gasteiger charge is -2.19. The fourth-order valence-corrected chi connectivity index (χ4v) is 5.28. The number of nitriles is 1. The highest BCUT2D eigenvalue weighted by atomic mass is 32.2. The average Bonchev–Trinajstić information content (AvgIpc) is 3.12. The second-order valence-electron chi connectivity index (χ2n) is 8.44.